The standard InChI is InChI=1S/C25H34S/c1-15(2)26-16(3)17-13-14-19(25(7,8)9)22(23(17)26)21-18(24(4,5)6)11-10-12-20(21)26/h10-16H,1-9H3. The fraction of sp³-hybridized carbons (Fsp3) is 0.520. The summed E-state index contributed by atoms with van der Waals surface area (Å²) in [7, 11) is -0.921. The Kier molecular flexibility index (Phi) is 3.63. The van der Waals surface area contributed by atoms with Crippen LogP contribution in [0.3, 0.4) is 0 Å². The third kappa shape index (κ3) is 1.99. The maximum Gasteiger partial charge on any atom is 0.0202 e. The number of benzene rings is 2. The van der Waals surface area contributed by atoms with Crippen molar-refractivity contribution in [1.82, 2.24) is 0 Å². The fourth-order valence-electron chi connectivity index (χ4n) is 5.37. The van der Waals surface area contributed by atoms with Gasteiger partial charge in [-0.25, -0.2) is 0 Å². The molecule has 0 bridgehead atoms. The molecule has 2 aromatic rings. The van der Waals surface area contributed by atoms with Crippen molar-refractivity contribution in [2.24, 2.45) is 0 Å². The van der Waals surface area contributed by atoms with Crippen molar-refractivity contribution >= 4 is 10.0 Å². The summed E-state index contributed by atoms with van der Waals surface area (Å²) in [5.41, 5.74) is 8.21. The number of rotatable bonds is 1. The summed E-state index contributed by atoms with van der Waals surface area (Å²) in [4.78, 5) is 3.41. The van der Waals surface area contributed by atoms with Gasteiger partial charge in [0, 0.05) is 15.0 Å². The fourth-order valence-corrected chi connectivity index (χ4v) is 10.6. The minimum absolute atomic E-state index is 0.161. The van der Waals surface area contributed by atoms with E-state index >= 15 is 0 Å². The van der Waals surface area contributed by atoms with Crippen molar-refractivity contribution in [1.29, 1.82) is 0 Å². The molecule has 0 fully saturated rings. The van der Waals surface area contributed by atoms with Crippen LogP contribution >= 0.6 is 10.0 Å². The lowest BCUT2D eigenvalue weighted by molar-refractivity contribution is 0.582. The van der Waals surface area contributed by atoms with Gasteiger partial charge in [0.2, 0.25) is 0 Å². The lowest BCUT2D eigenvalue weighted by Crippen LogP contribution is -2.27. The summed E-state index contributed by atoms with van der Waals surface area (Å²) < 4.78 is 0. The zero-order valence-electron chi connectivity index (χ0n) is 17.9. The summed E-state index contributed by atoms with van der Waals surface area (Å²) in [5, 5.41) is 1.37. The van der Waals surface area contributed by atoms with Gasteiger partial charge in [-0.15, -0.1) is 0 Å². The summed E-state index contributed by atoms with van der Waals surface area (Å²) in [6.07, 6.45) is 0. The smallest absolute Gasteiger partial charge is 0.0202 e. The van der Waals surface area contributed by atoms with Crippen LogP contribution in [-0.2, 0) is 10.8 Å². The molecule has 0 amide bonds. The van der Waals surface area contributed by atoms with E-state index in [2.05, 4.69) is 92.6 Å². The molecule has 0 spiro atoms. The summed E-state index contributed by atoms with van der Waals surface area (Å²) in [6, 6.07) is 12.0. The Hall–Kier alpha value is -1.21. The first-order valence-corrected chi connectivity index (χ1v) is 11.8. The molecule has 2 heterocycles. The second-order valence-electron chi connectivity index (χ2n) is 10.5. The molecule has 0 nitrogen and oxygen atoms in total. The van der Waals surface area contributed by atoms with E-state index in [-0.39, 0.29) is 10.8 Å². The van der Waals surface area contributed by atoms with E-state index in [9.17, 15) is 0 Å². The van der Waals surface area contributed by atoms with Crippen LogP contribution in [0.1, 0.15) is 84.3 Å². The van der Waals surface area contributed by atoms with Crippen molar-refractivity contribution in [2.45, 2.75) is 93.4 Å². The van der Waals surface area contributed by atoms with Crippen molar-refractivity contribution < 1.29 is 0 Å². The molecule has 2 unspecified atom stereocenters. The predicted octanol–water partition coefficient (Wildman–Crippen LogP) is 7.97. The highest BCUT2D eigenvalue weighted by atomic mass is 32.3. The Morgan fingerprint density at radius 2 is 1.38 bits per heavy atom. The minimum atomic E-state index is -0.921. The zero-order chi connectivity index (χ0) is 19.2. The van der Waals surface area contributed by atoms with Crippen molar-refractivity contribution in [3.63, 3.8) is 0 Å². The first-order valence-electron chi connectivity index (χ1n) is 10.1. The van der Waals surface area contributed by atoms with E-state index in [0.717, 1.165) is 0 Å². The van der Waals surface area contributed by atoms with Crippen molar-refractivity contribution in [2.75, 3.05) is 0 Å². The monoisotopic (exact) mass is 366 g/mol. The van der Waals surface area contributed by atoms with Gasteiger partial charge in [0.15, 0.2) is 0 Å². The van der Waals surface area contributed by atoms with Gasteiger partial charge < -0.3 is 0 Å². The second-order valence-corrected chi connectivity index (χ2v) is 14.4. The van der Waals surface area contributed by atoms with Gasteiger partial charge in [-0.1, -0.05) is 79.7 Å². The molecule has 2 aliphatic heterocycles. The molecule has 26 heavy (non-hydrogen) atoms. The molecule has 2 aromatic carbocycles. The number of hydrogen-bond donors (Lipinski definition) is 0. The predicted molar refractivity (Wildman–Crippen MR) is 117 cm³/mol. The average Bonchev–Trinajstić information content (AvgIpc) is 2.81. The zero-order valence-corrected chi connectivity index (χ0v) is 18.8. The van der Waals surface area contributed by atoms with E-state index in [0.29, 0.717) is 10.5 Å². The van der Waals surface area contributed by atoms with E-state index < -0.39 is 10.0 Å². The Labute approximate surface area is 161 Å². The van der Waals surface area contributed by atoms with Crippen LogP contribution in [0.25, 0.3) is 11.1 Å². The lowest BCUT2D eigenvalue weighted by atomic mass is 9.76. The molecule has 140 valence electrons. The molecule has 4 rings (SSSR count). The number of hydrogen-bond acceptors (Lipinski definition) is 0. The van der Waals surface area contributed by atoms with Crippen LogP contribution in [0.4, 0.5) is 0 Å². The van der Waals surface area contributed by atoms with E-state index in [1.165, 1.54) is 11.1 Å². The molecule has 0 saturated carbocycles. The quantitative estimate of drug-likeness (QED) is 0.480. The highest BCUT2D eigenvalue weighted by Crippen LogP contribution is 2.88. The normalized spacial score (nSPS) is 26.2. The molecule has 0 saturated heterocycles. The van der Waals surface area contributed by atoms with Gasteiger partial charge in [0.25, 0.3) is 0 Å². The Morgan fingerprint density at radius 1 is 0.808 bits per heavy atom. The largest absolute Gasteiger partial charge is 0.177 e. The van der Waals surface area contributed by atoms with Gasteiger partial charge in [-0.2, -0.15) is 10.0 Å². The second kappa shape index (κ2) is 5.19. The molecule has 0 N–H and O–H groups in total. The molecule has 2 aliphatic rings. The van der Waals surface area contributed by atoms with Crippen LogP contribution in [0, 0.1) is 0 Å². The van der Waals surface area contributed by atoms with Crippen LogP contribution in [-0.4, -0.2) is 5.25 Å². The van der Waals surface area contributed by atoms with Crippen LogP contribution < -0.4 is 0 Å². The van der Waals surface area contributed by atoms with Crippen LogP contribution in [0.5, 0.6) is 0 Å². The first kappa shape index (κ1) is 18.2. The molecule has 2 atom stereocenters. The first-order chi connectivity index (χ1) is 11.9. The van der Waals surface area contributed by atoms with E-state index in [1.54, 1.807) is 26.5 Å². The third-order valence-electron chi connectivity index (χ3n) is 6.52. The van der Waals surface area contributed by atoms with Gasteiger partial charge in [-0.05, 0) is 56.9 Å². The molecular formula is C25H34S. The van der Waals surface area contributed by atoms with Gasteiger partial charge in [0.05, 0.1) is 0 Å². The lowest BCUT2D eigenvalue weighted by Gasteiger charge is -2.56. The van der Waals surface area contributed by atoms with Gasteiger partial charge >= 0.3 is 0 Å². The molecule has 1 heteroatoms. The van der Waals surface area contributed by atoms with E-state index in [1.807, 2.05) is 0 Å². The molecule has 0 aromatic heterocycles. The van der Waals surface area contributed by atoms with Gasteiger partial charge in [-0.3, -0.25) is 0 Å². The maximum absolute atomic E-state index is 2.48. The highest BCUT2D eigenvalue weighted by molar-refractivity contribution is 8.35. The highest BCUT2D eigenvalue weighted by Gasteiger charge is 2.56. The molecule has 0 radical (unpaired) electrons. The van der Waals surface area contributed by atoms with E-state index in [4.69, 9.17) is 0 Å². The minimum Gasteiger partial charge on any atom is -0.177 e. The summed E-state index contributed by atoms with van der Waals surface area (Å²) in [6.45, 7) is 21.6. The average molecular weight is 367 g/mol. The summed E-state index contributed by atoms with van der Waals surface area (Å²) in [5.74, 6) is 0. The number of fused-ring (bicyclic) bond motifs is 3. The topological polar surface area (TPSA) is 0 Å². The van der Waals surface area contributed by atoms with Crippen molar-refractivity contribution in [3.8, 4) is 11.1 Å². The third-order valence-corrected chi connectivity index (χ3v) is 11.6. The Bertz CT molecular complexity index is 905. The van der Waals surface area contributed by atoms with Crippen LogP contribution in [0.2, 0.25) is 0 Å². The van der Waals surface area contributed by atoms with Crippen molar-refractivity contribution in [3.05, 3.63) is 47.0 Å². The van der Waals surface area contributed by atoms with Gasteiger partial charge in [0.1, 0.15) is 0 Å². The Balaban J connectivity index is 2.21. The van der Waals surface area contributed by atoms with Crippen LogP contribution in [0.15, 0.2) is 40.1 Å². The maximum atomic E-state index is 2.48. The molecule has 0 aliphatic carbocycles. The molecular weight excluding hydrogens is 332 g/mol. The Morgan fingerprint density at radius 3 is 1.92 bits per heavy atom. The summed E-state index contributed by atoms with van der Waals surface area (Å²) >= 11 is 0. The SMILES string of the molecule is CC(C)S12c3cccc(C(C)(C)C)c3-c3c(C(C)(C)C)ccc(c31)C2C.